The Morgan fingerprint density at radius 3 is 2.76 bits per heavy atom. The Labute approximate surface area is 153 Å². The first-order chi connectivity index (χ1) is 11.7. The third-order valence-electron chi connectivity index (χ3n) is 4.68. The van der Waals surface area contributed by atoms with Gasteiger partial charge >= 0.3 is 5.69 Å². The molecule has 1 amide bonds. The zero-order valence-corrected chi connectivity index (χ0v) is 15.4. The summed E-state index contributed by atoms with van der Waals surface area (Å²) in [5.74, 6) is 0.774. The molecule has 0 aliphatic carbocycles. The largest absolute Gasteiger partial charge is 0.350 e. The van der Waals surface area contributed by atoms with E-state index in [1.54, 1.807) is 18.3 Å². The number of hydrogen-bond acceptors (Lipinski definition) is 4. The van der Waals surface area contributed by atoms with Crippen molar-refractivity contribution in [1.29, 1.82) is 0 Å². The average Bonchev–Trinajstić information content (AvgIpc) is 2.94. The number of piperidine rings is 1. The van der Waals surface area contributed by atoms with Crippen molar-refractivity contribution in [1.82, 2.24) is 24.4 Å². The summed E-state index contributed by atoms with van der Waals surface area (Å²) in [6.45, 7) is 6.10. The van der Waals surface area contributed by atoms with Crippen LogP contribution in [0.2, 0.25) is 0 Å². The first-order valence-electron chi connectivity index (χ1n) is 8.71. The number of halogens is 1. The van der Waals surface area contributed by atoms with Gasteiger partial charge in [0.2, 0.25) is 5.91 Å². The molecule has 0 bridgehead atoms. The Bertz CT molecular complexity index is 749. The number of likely N-dealkylation sites (tertiary alicyclic amines) is 1. The molecule has 1 fully saturated rings. The minimum absolute atomic E-state index is 0. The highest BCUT2D eigenvalue weighted by atomic mass is 35.5. The number of nitrogens with zero attached hydrogens (tertiary/aromatic N) is 4. The highest BCUT2D eigenvalue weighted by Gasteiger charge is 2.22. The molecule has 2 aromatic heterocycles. The third-order valence-corrected chi connectivity index (χ3v) is 4.68. The number of fused-ring (bicyclic) bond motifs is 1. The van der Waals surface area contributed by atoms with E-state index < -0.39 is 0 Å². The van der Waals surface area contributed by atoms with E-state index in [-0.39, 0.29) is 24.0 Å². The summed E-state index contributed by atoms with van der Waals surface area (Å²) in [5.41, 5.74) is 0.418. The Balaban J connectivity index is 0.00000225. The number of nitrogens with one attached hydrogen (secondary N) is 1. The van der Waals surface area contributed by atoms with Crippen LogP contribution < -0.4 is 11.0 Å². The van der Waals surface area contributed by atoms with E-state index in [4.69, 9.17) is 0 Å². The molecule has 1 aliphatic heterocycles. The molecule has 25 heavy (non-hydrogen) atoms. The van der Waals surface area contributed by atoms with Gasteiger partial charge in [0.1, 0.15) is 0 Å². The molecule has 3 heterocycles. The molecule has 7 nitrogen and oxygen atoms in total. The molecular formula is C17H26ClN5O2. The molecule has 2 aromatic rings. The minimum atomic E-state index is -0.192. The second kappa shape index (κ2) is 9.01. The van der Waals surface area contributed by atoms with Crippen molar-refractivity contribution >= 4 is 24.0 Å². The summed E-state index contributed by atoms with van der Waals surface area (Å²) >= 11 is 0. The highest BCUT2D eigenvalue weighted by Crippen LogP contribution is 2.17. The maximum absolute atomic E-state index is 12.4. The lowest BCUT2D eigenvalue weighted by Crippen LogP contribution is -2.41. The van der Waals surface area contributed by atoms with Crippen molar-refractivity contribution in [3.05, 3.63) is 34.9 Å². The molecule has 1 aliphatic rings. The molecule has 138 valence electrons. The number of aromatic nitrogens is 3. The summed E-state index contributed by atoms with van der Waals surface area (Å²) in [7, 11) is 0. The number of amides is 1. The van der Waals surface area contributed by atoms with E-state index >= 15 is 0 Å². The van der Waals surface area contributed by atoms with Gasteiger partial charge in [0, 0.05) is 25.7 Å². The number of carbonyl (C=O) groups is 1. The minimum Gasteiger partial charge on any atom is -0.343 e. The fourth-order valence-corrected chi connectivity index (χ4v) is 3.21. The summed E-state index contributed by atoms with van der Waals surface area (Å²) < 4.78 is 2.88. The lowest BCUT2D eigenvalue weighted by atomic mass is 9.96. The summed E-state index contributed by atoms with van der Waals surface area (Å²) in [4.78, 5) is 26.5. The SMILES string of the molecule is CCNCC1CCN(C(=O)CCn2nc3ccccn3c2=O)CC1.Cl. The molecule has 0 spiro atoms. The van der Waals surface area contributed by atoms with Gasteiger partial charge in [-0.25, -0.2) is 9.48 Å². The van der Waals surface area contributed by atoms with Crippen LogP contribution in [-0.2, 0) is 11.3 Å². The van der Waals surface area contributed by atoms with Crippen LogP contribution >= 0.6 is 12.4 Å². The van der Waals surface area contributed by atoms with Crippen molar-refractivity contribution in [3.8, 4) is 0 Å². The molecule has 3 rings (SSSR count). The molecular weight excluding hydrogens is 342 g/mol. The van der Waals surface area contributed by atoms with Gasteiger partial charge in [-0.05, 0) is 44.0 Å². The van der Waals surface area contributed by atoms with Crippen molar-refractivity contribution in [3.63, 3.8) is 0 Å². The smallest absolute Gasteiger partial charge is 0.343 e. The van der Waals surface area contributed by atoms with E-state index in [1.807, 2.05) is 11.0 Å². The van der Waals surface area contributed by atoms with Gasteiger partial charge < -0.3 is 10.2 Å². The van der Waals surface area contributed by atoms with Crippen molar-refractivity contribution < 1.29 is 4.79 Å². The Kier molecular flexibility index (Phi) is 7.01. The number of aryl methyl sites for hydroxylation is 1. The second-order valence-electron chi connectivity index (χ2n) is 6.32. The first-order valence-corrected chi connectivity index (χ1v) is 8.71. The number of hydrogen-bond donors (Lipinski definition) is 1. The number of pyridine rings is 1. The van der Waals surface area contributed by atoms with E-state index in [2.05, 4.69) is 17.3 Å². The lowest BCUT2D eigenvalue weighted by molar-refractivity contribution is -0.132. The first kappa shape index (κ1) is 19.5. The van der Waals surface area contributed by atoms with Gasteiger partial charge in [-0.2, -0.15) is 0 Å². The van der Waals surface area contributed by atoms with Crippen LogP contribution in [0.5, 0.6) is 0 Å². The van der Waals surface area contributed by atoms with Gasteiger partial charge in [0.05, 0.1) is 6.54 Å². The van der Waals surface area contributed by atoms with Crippen LogP contribution in [0.15, 0.2) is 29.2 Å². The average molecular weight is 368 g/mol. The van der Waals surface area contributed by atoms with E-state index in [1.165, 1.54) is 9.08 Å². The van der Waals surface area contributed by atoms with E-state index in [0.29, 0.717) is 24.5 Å². The summed E-state index contributed by atoms with van der Waals surface area (Å²) in [6.07, 6.45) is 4.11. The summed E-state index contributed by atoms with van der Waals surface area (Å²) in [5, 5.41) is 7.64. The molecule has 1 N–H and O–H groups in total. The standard InChI is InChI=1S/C17H25N5O2.ClH/c1-2-18-13-14-6-10-20(11-7-14)16(23)8-12-22-17(24)21-9-4-3-5-15(21)19-22;/h3-5,9,14,18H,2,6-8,10-13H2,1H3;1H. The van der Waals surface area contributed by atoms with Gasteiger partial charge in [-0.3, -0.25) is 9.20 Å². The van der Waals surface area contributed by atoms with Crippen LogP contribution in [0.1, 0.15) is 26.2 Å². The molecule has 0 radical (unpaired) electrons. The fourth-order valence-electron chi connectivity index (χ4n) is 3.21. The summed E-state index contributed by atoms with van der Waals surface area (Å²) in [6, 6.07) is 5.42. The maximum atomic E-state index is 12.4. The molecule has 1 saturated heterocycles. The topological polar surface area (TPSA) is 71.6 Å². The molecule has 0 atom stereocenters. The Morgan fingerprint density at radius 1 is 1.32 bits per heavy atom. The Hall–Kier alpha value is -1.86. The second-order valence-corrected chi connectivity index (χ2v) is 6.32. The van der Waals surface area contributed by atoms with Crippen LogP contribution in [0.25, 0.3) is 5.65 Å². The number of carbonyl (C=O) groups excluding carboxylic acids is 1. The number of rotatable bonds is 6. The van der Waals surface area contributed by atoms with Crippen molar-refractivity contribution in [2.24, 2.45) is 5.92 Å². The highest BCUT2D eigenvalue weighted by molar-refractivity contribution is 5.85. The monoisotopic (exact) mass is 367 g/mol. The van der Waals surface area contributed by atoms with Crippen LogP contribution in [0.4, 0.5) is 0 Å². The lowest BCUT2D eigenvalue weighted by Gasteiger charge is -2.32. The molecule has 8 heteroatoms. The fraction of sp³-hybridized carbons (Fsp3) is 0.588. The predicted molar refractivity (Wildman–Crippen MR) is 99.2 cm³/mol. The zero-order valence-electron chi connectivity index (χ0n) is 14.6. The quantitative estimate of drug-likeness (QED) is 0.831. The van der Waals surface area contributed by atoms with Crippen LogP contribution in [0.3, 0.4) is 0 Å². The van der Waals surface area contributed by atoms with Crippen LogP contribution in [-0.4, -0.2) is 51.2 Å². The van der Waals surface area contributed by atoms with E-state index in [0.717, 1.165) is 39.0 Å². The maximum Gasteiger partial charge on any atom is 0.350 e. The van der Waals surface area contributed by atoms with Gasteiger partial charge in [-0.1, -0.05) is 13.0 Å². The van der Waals surface area contributed by atoms with Gasteiger partial charge in [0.25, 0.3) is 0 Å². The molecule has 0 unspecified atom stereocenters. The van der Waals surface area contributed by atoms with Crippen molar-refractivity contribution in [2.75, 3.05) is 26.2 Å². The van der Waals surface area contributed by atoms with Gasteiger partial charge in [0.15, 0.2) is 5.65 Å². The predicted octanol–water partition coefficient (Wildman–Crippen LogP) is 1.16. The molecule has 0 saturated carbocycles. The molecule has 0 aromatic carbocycles. The Morgan fingerprint density at radius 2 is 2.08 bits per heavy atom. The normalized spacial score (nSPS) is 15.3. The van der Waals surface area contributed by atoms with Crippen molar-refractivity contribution in [2.45, 2.75) is 32.7 Å². The van der Waals surface area contributed by atoms with Crippen LogP contribution in [0, 0.1) is 5.92 Å². The van der Waals surface area contributed by atoms with Gasteiger partial charge in [-0.15, -0.1) is 17.5 Å². The van der Waals surface area contributed by atoms with E-state index in [9.17, 15) is 9.59 Å². The zero-order chi connectivity index (χ0) is 16.9. The third kappa shape index (κ3) is 4.61.